The van der Waals surface area contributed by atoms with E-state index in [9.17, 15) is 14.7 Å². The molecule has 0 spiro atoms. The number of benzene rings is 1. The van der Waals surface area contributed by atoms with Crippen molar-refractivity contribution in [3.05, 3.63) is 69.6 Å². The topological polar surface area (TPSA) is 71.3 Å². The second-order valence-corrected chi connectivity index (χ2v) is 5.82. The molecule has 1 heterocycles. The van der Waals surface area contributed by atoms with Crippen LogP contribution < -0.4 is 11.0 Å². The van der Waals surface area contributed by atoms with Crippen molar-refractivity contribution in [2.24, 2.45) is 0 Å². The third-order valence-corrected chi connectivity index (χ3v) is 4.09. The molecule has 2 unspecified atom stereocenters. The number of aromatic nitrogens is 1. The fraction of sp³-hybridized carbons (Fsp3) is 0.333. The summed E-state index contributed by atoms with van der Waals surface area (Å²) in [6.07, 6.45) is 1.65. The number of rotatable bonds is 6. The largest absolute Gasteiger partial charge is 0.481 e. The summed E-state index contributed by atoms with van der Waals surface area (Å²) in [5.41, 5.74) is 4.97. The summed E-state index contributed by atoms with van der Waals surface area (Å²) in [7, 11) is 0. The van der Waals surface area contributed by atoms with Crippen molar-refractivity contribution in [1.82, 2.24) is 4.68 Å². The highest BCUT2D eigenvalue weighted by molar-refractivity contribution is 5.75. The second kappa shape index (κ2) is 7.13. The normalized spacial score (nSPS) is 13.3. The predicted molar refractivity (Wildman–Crippen MR) is 90.6 cm³/mol. The van der Waals surface area contributed by atoms with Crippen LogP contribution in [0, 0.1) is 6.92 Å². The maximum absolute atomic E-state index is 12.5. The molecular weight excluding hydrogens is 292 g/mol. The summed E-state index contributed by atoms with van der Waals surface area (Å²) >= 11 is 0. The first-order valence-corrected chi connectivity index (χ1v) is 7.65. The third-order valence-electron chi connectivity index (χ3n) is 4.09. The van der Waals surface area contributed by atoms with Crippen molar-refractivity contribution < 1.29 is 9.90 Å². The second-order valence-electron chi connectivity index (χ2n) is 5.82. The molecule has 23 heavy (non-hydrogen) atoms. The Morgan fingerprint density at radius 3 is 2.48 bits per heavy atom. The zero-order chi connectivity index (χ0) is 17.0. The van der Waals surface area contributed by atoms with E-state index in [1.54, 1.807) is 19.2 Å². The van der Waals surface area contributed by atoms with Gasteiger partial charge in [-0.3, -0.25) is 9.59 Å². The standard InChI is InChI=1S/C18H22N2O3/c1-12-9-10-20(17(21)16(12)14(3)18(22)23)19-11-13(2)15-7-5-4-6-8-15/h4-10,13-14,19H,11H2,1-3H3,(H,22,23). The van der Waals surface area contributed by atoms with E-state index in [1.807, 2.05) is 30.3 Å². The van der Waals surface area contributed by atoms with Crippen molar-refractivity contribution in [1.29, 1.82) is 0 Å². The Morgan fingerprint density at radius 1 is 1.22 bits per heavy atom. The molecule has 0 saturated heterocycles. The van der Waals surface area contributed by atoms with E-state index < -0.39 is 11.9 Å². The Labute approximate surface area is 135 Å². The van der Waals surface area contributed by atoms with E-state index in [0.29, 0.717) is 17.7 Å². The number of hydrogen-bond donors (Lipinski definition) is 2. The highest BCUT2D eigenvalue weighted by Gasteiger charge is 2.20. The average molecular weight is 314 g/mol. The Kier molecular flexibility index (Phi) is 5.21. The van der Waals surface area contributed by atoms with Gasteiger partial charge in [-0.05, 0) is 37.0 Å². The van der Waals surface area contributed by atoms with Gasteiger partial charge in [0.1, 0.15) is 0 Å². The van der Waals surface area contributed by atoms with Gasteiger partial charge in [-0.2, -0.15) is 0 Å². The van der Waals surface area contributed by atoms with Crippen LogP contribution in [0.25, 0.3) is 0 Å². The minimum atomic E-state index is -0.999. The lowest BCUT2D eigenvalue weighted by Gasteiger charge is -2.18. The molecule has 2 aromatic rings. The van der Waals surface area contributed by atoms with Crippen molar-refractivity contribution in [3.8, 4) is 0 Å². The summed E-state index contributed by atoms with van der Waals surface area (Å²) in [6.45, 7) is 5.94. The van der Waals surface area contributed by atoms with E-state index in [-0.39, 0.29) is 11.5 Å². The first kappa shape index (κ1) is 16.8. The van der Waals surface area contributed by atoms with Gasteiger partial charge in [-0.1, -0.05) is 37.3 Å². The van der Waals surface area contributed by atoms with E-state index in [0.717, 1.165) is 0 Å². The molecule has 0 amide bonds. The fourth-order valence-electron chi connectivity index (χ4n) is 2.55. The lowest BCUT2D eigenvalue weighted by molar-refractivity contribution is -0.138. The smallest absolute Gasteiger partial charge is 0.310 e. The molecule has 0 radical (unpaired) electrons. The molecule has 1 aromatic heterocycles. The number of carboxylic acids is 1. The van der Waals surface area contributed by atoms with Crippen LogP contribution in [0.2, 0.25) is 0 Å². The van der Waals surface area contributed by atoms with E-state index >= 15 is 0 Å². The number of carboxylic acid groups (broad SMARTS) is 1. The Bertz CT molecular complexity index is 738. The number of nitrogens with zero attached hydrogens (tertiary/aromatic N) is 1. The lowest BCUT2D eigenvalue weighted by Crippen LogP contribution is -2.34. The molecule has 0 aliphatic heterocycles. The Balaban J connectivity index is 2.20. The highest BCUT2D eigenvalue weighted by Crippen LogP contribution is 2.16. The third kappa shape index (κ3) is 3.80. The summed E-state index contributed by atoms with van der Waals surface area (Å²) in [4.78, 5) is 23.7. The molecule has 0 fully saturated rings. The van der Waals surface area contributed by atoms with Gasteiger partial charge < -0.3 is 10.5 Å². The molecule has 0 aliphatic carbocycles. The van der Waals surface area contributed by atoms with Crippen molar-refractivity contribution in [2.75, 3.05) is 12.0 Å². The van der Waals surface area contributed by atoms with E-state index in [4.69, 9.17) is 0 Å². The van der Waals surface area contributed by atoms with Crippen LogP contribution in [0.4, 0.5) is 0 Å². The molecular formula is C18H22N2O3. The first-order chi connectivity index (χ1) is 10.9. The van der Waals surface area contributed by atoms with Crippen LogP contribution in [0.1, 0.15) is 42.4 Å². The van der Waals surface area contributed by atoms with Crippen LogP contribution in [-0.4, -0.2) is 22.3 Å². The molecule has 2 atom stereocenters. The van der Waals surface area contributed by atoms with Gasteiger partial charge in [0.05, 0.1) is 5.92 Å². The van der Waals surface area contributed by atoms with E-state index in [2.05, 4.69) is 12.3 Å². The van der Waals surface area contributed by atoms with Crippen molar-refractivity contribution >= 4 is 5.97 Å². The van der Waals surface area contributed by atoms with Gasteiger partial charge in [-0.25, -0.2) is 4.68 Å². The number of carbonyl (C=O) groups is 1. The molecule has 0 aliphatic rings. The quantitative estimate of drug-likeness (QED) is 0.860. The van der Waals surface area contributed by atoms with Crippen LogP contribution in [0.3, 0.4) is 0 Å². The summed E-state index contributed by atoms with van der Waals surface area (Å²) in [5, 5.41) is 9.17. The Hall–Kier alpha value is -2.56. The maximum Gasteiger partial charge on any atom is 0.310 e. The minimum absolute atomic E-state index is 0.227. The maximum atomic E-state index is 12.5. The fourth-order valence-corrected chi connectivity index (χ4v) is 2.55. The van der Waals surface area contributed by atoms with Gasteiger partial charge in [-0.15, -0.1) is 0 Å². The number of aryl methyl sites for hydroxylation is 1. The van der Waals surface area contributed by atoms with E-state index in [1.165, 1.54) is 17.2 Å². The van der Waals surface area contributed by atoms with Gasteiger partial charge >= 0.3 is 5.97 Å². The lowest BCUT2D eigenvalue weighted by atomic mass is 9.98. The Morgan fingerprint density at radius 2 is 1.87 bits per heavy atom. The number of aliphatic carboxylic acids is 1. The SMILES string of the molecule is Cc1ccn(NCC(C)c2ccccc2)c(=O)c1C(C)C(=O)O. The van der Waals surface area contributed by atoms with Crippen LogP contribution in [0.5, 0.6) is 0 Å². The number of nitrogens with one attached hydrogen (secondary N) is 1. The molecule has 122 valence electrons. The molecule has 2 N–H and O–H groups in total. The van der Waals surface area contributed by atoms with Gasteiger partial charge in [0, 0.05) is 18.3 Å². The van der Waals surface area contributed by atoms with Gasteiger partial charge in [0.25, 0.3) is 5.56 Å². The van der Waals surface area contributed by atoms with Gasteiger partial charge in [0.15, 0.2) is 0 Å². The summed E-state index contributed by atoms with van der Waals surface area (Å²) in [6, 6.07) is 11.8. The first-order valence-electron chi connectivity index (χ1n) is 7.65. The molecule has 5 heteroatoms. The van der Waals surface area contributed by atoms with Crippen LogP contribution in [0.15, 0.2) is 47.4 Å². The van der Waals surface area contributed by atoms with Crippen molar-refractivity contribution in [3.63, 3.8) is 0 Å². The highest BCUT2D eigenvalue weighted by atomic mass is 16.4. The van der Waals surface area contributed by atoms with Gasteiger partial charge in [0.2, 0.25) is 0 Å². The monoisotopic (exact) mass is 314 g/mol. The van der Waals surface area contributed by atoms with Crippen LogP contribution >= 0.6 is 0 Å². The number of hydrogen-bond acceptors (Lipinski definition) is 3. The zero-order valence-electron chi connectivity index (χ0n) is 13.6. The molecule has 1 aromatic carbocycles. The predicted octanol–water partition coefficient (Wildman–Crippen LogP) is 2.69. The molecule has 2 rings (SSSR count). The summed E-state index contributed by atoms with van der Waals surface area (Å²) in [5.74, 6) is -1.60. The summed E-state index contributed by atoms with van der Waals surface area (Å²) < 4.78 is 1.38. The molecule has 0 saturated carbocycles. The average Bonchev–Trinajstić information content (AvgIpc) is 2.54. The van der Waals surface area contributed by atoms with Crippen LogP contribution in [-0.2, 0) is 4.79 Å². The molecule has 0 bridgehead atoms. The zero-order valence-corrected chi connectivity index (χ0v) is 13.6. The number of pyridine rings is 1. The van der Waals surface area contributed by atoms with Crippen molar-refractivity contribution in [2.45, 2.75) is 32.6 Å². The minimum Gasteiger partial charge on any atom is -0.481 e. The molecule has 5 nitrogen and oxygen atoms in total.